The first kappa shape index (κ1) is 12.5. The molecule has 1 atom stereocenters. The lowest BCUT2D eigenvalue weighted by Crippen LogP contribution is -2.35. The highest BCUT2D eigenvalue weighted by atomic mass is 79.9. The van der Waals surface area contributed by atoms with E-state index in [0.29, 0.717) is 0 Å². The van der Waals surface area contributed by atoms with E-state index in [9.17, 15) is 4.21 Å². The van der Waals surface area contributed by atoms with E-state index >= 15 is 0 Å². The number of nitrogens with one attached hydrogen (secondary N) is 1. The van der Waals surface area contributed by atoms with Gasteiger partial charge < -0.3 is 0 Å². The zero-order chi connectivity index (χ0) is 11.6. The van der Waals surface area contributed by atoms with E-state index in [4.69, 9.17) is 4.78 Å². The Kier molecular flexibility index (Phi) is 3.78. The molecule has 84 valence electrons. The van der Waals surface area contributed by atoms with Crippen molar-refractivity contribution in [1.82, 2.24) is 0 Å². The van der Waals surface area contributed by atoms with Gasteiger partial charge in [0, 0.05) is 16.8 Å². The van der Waals surface area contributed by atoms with Crippen LogP contribution in [0.1, 0.15) is 13.8 Å². The Bertz CT molecular complexity index is 425. The van der Waals surface area contributed by atoms with Gasteiger partial charge in [-0.1, -0.05) is 15.9 Å². The first-order valence-electron chi connectivity index (χ1n) is 4.61. The lowest BCUT2D eigenvalue weighted by atomic mass is 10.3. The van der Waals surface area contributed by atoms with Crippen molar-refractivity contribution in [2.24, 2.45) is 0 Å². The van der Waals surface area contributed by atoms with Crippen LogP contribution in [0.25, 0.3) is 0 Å². The predicted octanol–water partition coefficient (Wildman–Crippen LogP) is 3.26. The largest absolute Gasteiger partial charge is 0.284 e. The summed E-state index contributed by atoms with van der Waals surface area (Å²) in [6.07, 6.45) is 1.44. The average molecular weight is 291 g/mol. The predicted molar refractivity (Wildman–Crippen MR) is 68.5 cm³/mol. The van der Waals surface area contributed by atoms with Gasteiger partial charge in [-0.15, -0.1) is 0 Å². The number of rotatable bonds is 3. The zero-order valence-electron chi connectivity index (χ0n) is 9.03. The minimum atomic E-state index is -2.71. The number of anilines is 1. The van der Waals surface area contributed by atoms with Gasteiger partial charge in [-0.2, -0.15) is 0 Å². The van der Waals surface area contributed by atoms with Crippen LogP contribution in [0.5, 0.6) is 0 Å². The summed E-state index contributed by atoms with van der Waals surface area (Å²) in [4.78, 5) is 0. The number of halogens is 1. The van der Waals surface area contributed by atoms with Crippen molar-refractivity contribution in [3.05, 3.63) is 28.7 Å². The van der Waals surface area contributed by atoms with E-state index in [1.165, 1.54) is 6.26 Å². The molecular weight excluding hydrogens is 276 g/mol. The maximum Gasteiger partial charge on any atom is 0.126 e. The molecule has 0 aliphatic heterocycles. The molecule has 0 aromatic heterocycles. The summed E-state index contributed by atoms with van der Waals surface area (Å²) in [6, 6.07) is 7.54. The quantitative estimate of drug-likeness (QED) is 0.912. The molecule has 0 bridgehead atoms. The summed E-state index contributed by atoms with van der Waals surface area (Å²) >= 11 is 3.35. The topological polar surface area (TPSA) is 44.2 Å². The Balaban J connectivity index is 3.17. The molecule has 0 saturated heterocycles. The summed E-state index contributed by atoms with van der Waals surface area (Å²) in [5.74, 6) is 0. The Morgan fingerprint density at radius 3 is 2.13 bits per heavy atom. The van der Waals surface area contributed by atoms with Crippen LogP contribution in [0.3, 0.4) is 0 Å². The number of hydrogen-bond acceptors (Lipinski definition) is 2. The van der Waals surface area contributed by atoms with Gasteiger partial charge in [0.15, 0.2) is 0 Å². The van der Waals surface area contributed by atoms with Crippen LogP contribution in [-0.4, -0.2) is 16.5 Å². The highest BCUT2D eigenvalue weighted by Gasteiger charge is 2.17. The third kappa shape index (κ3) is 3.21. The Morgan fingerprint density at radius 2 is 1.80 bits per heavy atom. The molecule has 0 aliphatic carbocycles. The summed E-state index contributed by atoms with van der Waals surface area (Å²) in [6.45, 7) is 3.86. The van der Waals surface area contributed by atoms with Crippen molar-refractivity contribution < 1.29 is 4.21 Å². The number of hydrogen-bond donors (Lipinski definition) is 1. The molecule has 1 unspecified atom stereocenters. The fourth-order valence-corrected chi connectivity index (χ4v) is 3.08. The minimum Gasteiger partial charge on any atom is -0.284 e. The normalized spacial score (nSPS) is 15.0. The van der Waals surface area contributed by atoms with Gasteiger partial charge in [0.2, 0.25) is 0 Å². The molecular formula is C10H15BrN2OS. The Hall–Kier alpha value is -0.550. The van der Waals surface area contributed by atoms with Crippen LogP contribution >= 0.6 is 15.9 Å². The van der Waals surface area contributed by atoms with Crippen LogP contribution in [0.2, 0.25) is 0 Å². The highest BCUT2D eigenvalue weighted by Crippen LogP contribution is 2.22. The van der Waals surface area contributed by atoms with Crippen molar-refractivity contribution in [3.8, 4) is 0 Å². The first-order chi connectivity index (χ1) is 6.82. The molecule has 0 radical (unpaired) electrons. The molecule has 0 saturated carbocycles. The van der Waals surface area contributed by atoms with Gasteiger partial charge in [-0.05, 0) is 38.1 Å². The molecule has 1 rings (SSSR count). The standard InChI is InChI=1S/C10H15BrN2OS/c1-8(2)13(15(3,12)14)10-6-4-9(11)5-7-10/h4-8,12H,1-3H3. The maximum atomic E-state index is 11.8. The van der Waals surface area contributed by atoms with E-state index in [1.54, 1.807) is 4.31 Å². The third-order valence-electron chi connectivity index (χ3n) is 1.93. The molecule has 3 nitrogen and oxygen atoms in total. The summed E-state index contributed by atoms with van der Waals surface area (Å²) in [5, 5.41) is 0. The second-order valence-electron chi connectivity index (χ2n) is 3.70. The molecule has 1 aromatic carbocycles. The number of nitrogens with zero attached hydrogens (tertiary/aromatic N) is 1. The Morgan fingerprint density at radius 1 is 1.33 bits per heavy atom. The fourth-order valence-electron chi connectivity index (χ4n) is 1.49. The van der Waals surface area contributed by atoms with E-state index in [1.807, 2.05) is 38.1 Å². The minimum absolute atomic E-state index is 0.0428. The Labute approximate surface area is 99.7 Å². The molecule has 0 aliphatic rings. The number of benzene rings is 1. The van der Waals surface area contributed by atoms with Crippen LogP contribution in [0.15, 0.2) is 28.7 Å². The summed E-state index contributed by atoms with van der Waals surface area (Å²) in [7, 11) is -2.71. The van der Waals surface area contributed by atoms with Gasteiger partial charge in [0.1, 0.15) is 9.92 Å². The molecule has 0 fully saturated rings. The van der Waals surface area contributed by atoms with Gasteiger partial charge in [0.05, 0.1) is 5.69 Å². The van der Waals surface area contributed by atoms with E-state index in [-0.39, 0.29) is 6.04 Å². The van der Waals surface area contributed by atoms with Crippen LogP contribution in [-0.2, 0) is 9.92 Å². The highest BCUT2D eigenvalue weighted by molar-refractivity contribution is 9.10. The van der Waals surface area contributed by atoms with E-state index < -0.39 is 9.92 Å². The van der Waals surface area contributed by atoms with Crippen molar-refractivity contribution >= 4 is 31.5 Å². The van der Waals surface area contributed by atoms with Gasteiger partial charge in [-0.3, -0.25) is 4.31 Å². The van der Waals surface area contributed by atoms with Gasteiger partial charge in [-0.25, -0.2) is 8.99 Å². The molecule has 0 spiro atoms. The van der Waals surface area contributed by atoms with E-state index in [0.717, 1.165) is 10.2 Å². The first-order valence-corrected chi connectivity index (χ1v) is 7.32. The smallest absolute Gasteiger partial charge is 0.126 e. The maximum absolute atomic E-state index is 11.8. The second-order valence-corrected chi connectivity index (χ2v) is 6.61. The van der Waals surface area contributed by atoms with Crippen molar-refractivity contribution in [3.63, 3.8) is 0 Å². The monoisotopic (exact) mass is 290 g/mol. The van der Waals surface area contributed by atoms with Gasteiger partial charge >= 0.3 is 0 Å². The third-order valence-corrected chi connectivity index (χ3v) is 3.84. The zero-order valence-corrected chi connectivity index (χ0v) is 11.4. The van der Waals surface area contributed by atoms with Crippen molar-refractivity contribution in [2.45, 2.75) is 19.9 Å². The summed E-state index contributed by atoms with van der Waals surface area (Å²) in [5.41, 5.74) is 0.815. The van der Waals surface area contributed by atoms with Crippen molar-refractivity contribution in [2.75, 3.05) is 10.6 Å². The SMILES string of the molecule is CC(C)N(c1ccc(Br)cc1)S(C)(=N)=O. The van der Waals surface area contributed by atoms with Crippen LogP contribution in [0.4, 0.5) is 5.69 Å². The molecule has 1 N–H and O–H groups in total. The lowest BCUT2D eigenvalue weighted by Gasteiger charge is -2.28. The molecule has 5 heteroatoms. The molecule has 0 heterocycles. The molecule has 15 heavy (non-hydrogen) atoms. The second kappa shape index (κ2) is 4.53. The van der Waals surface area contributed by atoms with Crippen LogP contribution in [0, 0.1) is 4.78 Å². The van der Waals surface area contributed by atoms with Gasteiger partial charge in [0.25, 0.3) is 0 Å². The molecule has 0 amide bonds. The fraction of sp³-hybridized carbons (Fsp3) is 0.400. The molecule has 1 aromatic rings. The lowest BCUT2D eigenvalue weighted by molar-refractivity contribution is 0.666. The average Bonchev–Trinajstić information content (AvgIpc) is 2.05. The van der Waals surface area contributed by atoms with Crippen molar-refractivity contribution in [1.29, 1.82) is 4.78 Å². The summed E-state index contributed by atoms with van der Waals surface area (Å²) < 4.78 is 22.0. The van der Waals surface area contributed by atoms with E-state index in [2.05, 4.69) is 15.9 Å². The van der Waals surface area contributed by atoms with Crippen LogP contribution < -0.4 is 4.31 Å².